The van der Waals surface area contributed by atoms with E-state index in [2.05, 4.69) is 4.98 Å². The third-order valence-electron chi connectivity index (χ3n) is 9.01. The minimum Gasteiger partial charge on any atom is -0.469 e. The van der Waals surface area contributed by atoms with E-state index in [1.807, 2.05) is 38.1 Å². The van der Waals surface area contributed by atoms with Crippen molar-refractivity contribution in [2.45, 2.75) is 58.4 Å². The number of halogens is 2. The first-order chi connectivity index (χ1) is 22.9. The number of fused-ring (bicyclic) bond motifs is 8. The van der Waals surface area contributed by atoms with Crippen LogP contribution in [-0.4, -0.2) is 47.8 Å². The highest BCUT2D eigenvalue weighted by molar-refractivity contribution is 7.91. The number of nitrogens with zero attached hydrogens (tertiary/aromatic N) is 2. The molecule has 252 valence electrons. The molecule has 0 fully saturated rings. The third kappa shape index (κ3) is 7.46. The second-order valence-corrected chi connectivity index (χ2v) is 15.4. The Kier molecular flexibility index (Phi) is 9.42. The van der Waals surface area contributed by atoms with Gasteiger partial charge < -0.3 is 14.5 Å². The monoisotopic (exact) mass is 675 g/mol. The summed E-state index contributed by atoms with van der Waals surface area (Å²) in [7, 11) is -2.18. The molecule has 8 nitrogen and oxygen atoms in total. The van der Waals surface area contributed by atoms with Gasteiger partial charge in [-0.25, -0.2) is 17.2 Å². The van der Waals surface area contributed by atoms with Crippen molar-refractivity contribution in [3.63, 3.8) is 0 Å². The largest absolute Gasteiger partial charge is 0.469 e. The fraction of sp³-hybridized carbons (Fsp3) is 0.351. The van der Waals surface area contributed by atoms with Gasteiger partial charge in [0.05, 0.1) is 30.4 Å². The number of nitrogens with one attached hydrogen (secondary N) is 1. The molecule has 0 saturated carbocycles. The SMILES string of the molecule is COC(=O)CCc1cccc([C@@H]2CCCC(C)(C)CS(=O)(=O)CCc3c(c(F)cc4[nH]ccc34)Oc3ccc(F)c(c3)-c3ccn2n3)c1. The summed E-state index contributed by atoms with van der Waals surface area (Å²) in [6, 6.07) is 16.7. The first-order valence-corrected chi connectivity index (χ1v) is 17.9. The van der Waals surface area contributed by atoms with Crippen molar-refractivity contribution in [3.05, 3.63) is 101 Å². The van der Waals surface area contributed by atoms with Gasteiger partial charge in [-0.2, -0.15) is 5.10 Å². The van der Waals surface area contributed by atoms with Gasteiger partial charge in [-0.05, 0) is 72.6 Å². The molecule has 6 rings (SSSR count). The van der Waals surface area contributed by atoms with Crippen molar-refractivity contribution in [3.8, 4) is 22.8 Å². The minimum atomic E-state index is -3.55. The third-order valence-corrected chi connectivity index (χ3v) is 11.1. The molecule has 4 bridgehead atoms. The summed E-state index contributed by atoms with van der Waals surface area (Å²) >= 11 is 0. The van der Waals surface area contributed by atoms with Gasteiger partial charge in [0.1, 0.15) is 11.6 Å². The number of esters is 1. The molecule has 0 aliphatic carbocycles. The van der Waals surface area contributed by atoms with E-state index in [9.17, 15) is 13.2 Å². The number of sulfone groups is 1. The molecule has 2 aromatic heterocycles. The molecule has 1 N–H and O–H groups in total. The number of aryl methyl sites for hydroxylation is 2. The molecule has 1 aliphatic rings. The lowest BCUT2D eigenvalue weighted by Gasteiger charge is -2.26. The highest BCUT2D eigenvalue weighted by Crippen LogP contribution is 2.38. The molecule has 11 heteroatoms. The van der Waals surface area contributed by atoms with E-state index in [0.717, 1.165) is 11.1 Å². The van der Waals surface area contributed by atoms with Crippen LogP contribution >= 0.6 is 0 Å². The molecule has 0 amide bonds. The van der Waals surface area contributed by atoms with E-state index in [4.69, 9.17) is 14.6 Å². The van der Waals surface area contributed by atoms with Gasteiger partial charge in [0.15, 0.2) is 21.4 Å². The first kappa shape index (κ1) is 33.4. The second kappa shape index (κ2) is 13.5. The smallest absolute Gasteiger partial charge is 0.305 e. The summed E-state index contributed by atoms with van der Waals surface area (Å²) in [5.41, 5.74) is 2.94. The van der Waals surface area contributed by atoms with Gasteiger partial charge in [-0.3, -0.25) is 9.48 Å². The lowest BCUT2D eigenvalue weighted by Crippen LogP contribution is -2.27. The number of methoxy groups -OCH3 is 1. The van der Waals surface area contributed by atoms with Gasteiger partial charge in [0.2, 0.25) is 0 Å². The molecule has 0 spiro atoms. The Labute approximate surface area is 279 Å². The Bertz CT molecular complexity index is 2070. The number of H-pyrrole nitrogens is 1. The number of aromatic amines is 1. The van der Waals surface area contributed by atoms with Crippen LogP contribution in [0, 0.1) is 17.0 Å². The minimum absolute atomic E-state index is 0.0251. The first-order valence-electron chi connectivity index (χ1n) is 16.1. The zero-order chi connectivity index (χ0) is 34.1. The number of hydrogen-bond donors (Lipinski definition) is 1. The molecule has 48 heavy (non-hydrogen) atoms. The van der Waals surface area contributed by atoms with Crippen LogP contribution in [0.4, 0.5) is 8.78 Å². The van der Waals surface area contributed by atoms with E-state index >= 15 is 8.78 Å². The average Bonchev–Trinajstić information content (AvgIpc) is 3.72. The number of hydrogen-bond acceptors (Lipinski definition) is 6. The average molecular weight is 676 g/mol. The van der Waals surface area contributed by atoms with Crippen LogP contribution in [0.2, 0.25) is 0 Å². The molecule has 3 aromatic carbocycles. The molecule has 1 atom stereocenters. The lowest BCUT2D eigenvalue weighted by molar-refractivity contribution is -0.140. The molecule has 0 unspecified atom stereocenters. The van der Waals surface area contributed by atoms with E-state index < -0.39 is 26.9 Å². The van der Waals surface area contributed by atoms with Crippen molar-refractivity contribution < 1.29 is 31.5 Å². The summed E-state index contributed by atoms with van der Waals surface area (Å²) in [4.78, 5) is 14.8. The molecule has 0 radical (unpaired) electrons. The molecule has 3 heterocycles. The van der Waals surface area contributed by atoms with Gasteiger partial charge in [-0.15, -0.1) is 0 Å². The molecule has 0 saturated heterocycles. The van der Waals surface area contributed by atoms with Crippen LogP contribution < -0.4 is 4.74 Å². The van der Waals surface area contributed by atoms with Gasteiger partial charge >= 0.3 is 5.97 Å². The Morgan fingerprint density at radius 2 is 1.94 bits per heavy atom. The highest BCUT2D eigenvalue weighted by Gasteiger charge is 2.29. The van der Waals surface area contributed by atoms with Crippen LogP contribution in [0.25, 0.3) is 22.2 Å². The van der Waals surface area contributed by atoms with Gasteiger partial charge in [-0.1, -0.05) is 44.5 Å². The Hall–Kier alpha value is -4.51. The van der Waals surface area contributed by atoms with Crippen LogP contribution in [-0.2, 0) is 32.2 Å². The zero-order valence-electron chi connectivity index (χ0n) is 27.3. The summed E-state index contributed by atoms with van der Waals surface area (Å²) < 4.78 is 70.7. The Morgan fingerprint density at radius 1 is 1.10 bits per heavy atom. The molecular weight excluding hydrogens is 636 g/mol. The number of benzene rings is 3. The fourth-order valence-electron chi connectivity index (χ4n) is 6.65. The van der Waals surface area contributed by atoms with Crippen LogP contribution in [0.1, 0.15) is 62.3 Å². The van der Waals surface area contributed by atoms with Crippen molar-refractivity contribution in [2.75, 3.05) is 18.6 Å². The summed E-state index contributed by atoms with van der Waals surface area (Å²) in [6.07, 6.45) is 6.26. The Balaban J connectivity index is 1.43. The number of carbonyl (C=O) groups excluding carboxylic acids is 1. The number of aromatic nitrogens is 3. The Morgan fingerprint density at radius 3 is 2.75 bits per heavy atom. The van der Waals surface area contributed by atoms with Crippen molar-refractivity contribution in [1.82, 2.24) is 14.8 Å². The highest BCUT2D eigenvalue weighted by atomic mass is 32.2. The van der Waals surface area contributed by atoms with E-state index in [0.29, 0.717) is 47.8 Å². The maximum absolute atomic E-state index is 15.6. The topological polar surface area (TPSA) is 103 Å². The molecule has 1 aliphatic heterocycles. The van der Waals surface area contributed by atoms with Gasteiger partial charge in [0.25, 0.3) is 0 Å². The van der Waals surface area contributed by atoms with Crippen LogP contribution in [0.15, 0.2) is 73.1 Å². The zero-order valence-corrected chi connectivity index (χ0v) is 28.1. The maximum Gasteiger partial charge on any atom is 0.305 e. The number of ether oxygens (including phenoxy) is 2. The van der Waals surface area contributed by atoms with Crippen LogP contribution in [0.3, 0.4) is 0 Å². The van der Waals surface area contributed by atoms with E-state index in [1.165, 1.54) is 31.4 Å². The fourth-order valence-corrected chi connectivity index (χ4v) is 8.64. The predicted molar refractivity (Wildman–Crippen MR) is 181 cm³/mol. The quantitative estimate of drug-likeness (QED) is 0.194. The second-order valence-electron chi connectivity index (χ2n) is 13.3. The number of carbonyl (C=O) groups is 1. The van der Waals surface area contributed by atoms with Crippen LogP contribution in [0.5, 0.6) is 11.5 Å². The molecular formula is C37H39F2N3O5S. The van der Waals surface area contributed by atoms with Gasteiger partial charge in [0, 0.05) is 46.9 Å². The summed E-state index contributed by atoms with van der Waals surface area (Å²) in [5.74, 6) is -1.56. The lowest BCUT2D eigenvalue weighted by atomic mass is 9.87. The number of rotatable bonds is 4. The maximum atomic E-state index is 15.6. The predicted octanol–water partition coefficient (Wildman–Crippen LogP) is 7.96. The van der Waals surface area contributed by atoms with Crippen molar-refractivity contribution >= 4 is 26.7 Å². The molecule has 5 aromatic rings. The van der Waals surface area contributed by atoms with Crippen molar-refractivity contribution in [2.24, 2.45) is 5.41 Å². The normalized spacial score (nSPS) is 17.9. The van der Waals surface area contributed by atoms with E-state index in [-0.39, 0.29) is 53.4 Å². The van der Waals surface area contributed by atoms with E-state index in [1.54, 1.807) is 29.2 Å². The standard InChI is InChI=1S/C37H39F2N3O5S/c1-37(2)16-5-8-34(25-7-4-6-24(20-25)9-12-35(43)46-3)42-18-14-32(41-42)29-21-26(10-11-30(29)38)47-36-28(15-19-48(44,45)23-37)27-13-17-40-33(27)22-31(36)39/h4,6-7,10-11,13-14,17-18,20-22,34,40H,5,8-9,12,15-16,19,23H2,1-3H3/t34-/m0/s1. The van der Waals surface area contributed by atoms with Crippen molar-refractivity contribution in [1.29, 1.82) is 0 Å². The summed E-state index contributed by atoms with van der Waals surface area (Å²) in [6.45, 7) is 3.90. The summed E-state index contributed by atoms with van der Waals surface area (Å²) in [5, 5.41) is 5.47.